The Labute approximate surface area is 106 Å². The monoisotopic (exact) mass is 247 g/mol. The molecule has 1 aliphatic heterocycles. The molecule has 0 spiro atoms. The molecular formula is C14H17NO3. The van der Waals surface area contributed by atoms with Gasteiger partial charge in [0.15, 0.2) is 0 Å². The smallest absolute Gasteiger partial charge is 0.311 e. The SMILES string of the molecule is CCCC(=O)N1CCC(C(=O)O)c2ccccc21. The lowest BCUT2D eigenvalue weighted by molar-refractivity contribution is -0.139. The number of aliphatic carboxylic acids is 1. The number of hydrogen-bond acceptors (Lipinski definition) is 2. The van der Waals surface area contributed by atoms with Crippen LogP contribution in [0.25, 0.3) is 0 Å². The van der Waals surface area contributed by atoms with E-state index in [1.807, 2.05) is 25.1 Å². The van der Waals surface area contributed by atoms with Crippen molar-refractivity contribution in [3.8, 4) is 0 Å². The van der Waals surface area contributed by atoms with Gasteiger partial charge in [-0.2, -0.15) is 0 Å². The van der Waals surface area contributed by atoms with Gasteiger partial charge in [-0.1, -0.05) is 25.1 Å². The number of para-hydroxylation sites is 1. The molecule has 1 aliphatic rings. The number of anilines is 1. The van der Waals surface area contributed by atoms with Crippen LogP contribution in [-0.2, 0) is 9.59 Å². The van der Waals surface area contributed by atoms with Crippen LogP contribution in [0.3, 0.4) is 0 Å². The van der Waals surface area contributed by atoms with Crippen molar-refractivity contribution in [2.75, 3.05) is 11.4 Å². The molecule has 1 aromatic rings. The zero-order valence-electron chi connectivity index (χ0n) is 10.4. The van der Waals surface area contributed by atoms with Gasteiger partial charge in [0.1, 0.15) is 0 Å². The van der Waals surface area contributed by atoms with Crippen LogP contribution in [-0.4, -0.2) is 23.5 Å². The average Bonchev–Trinajstić information content (AvgIpc) is 2.37. The van der Waals surface area contributed by atoms with E-state index in [2.05, 4.69) is 0 Å². The van der Waals surface area contributed by atoms with Crippen LogP contribution < -0.4 is 4.90 Å². The van der Waals surface area contributed by atoms with E-state index in [-0.39, 0.29) is 5.91 Å². The average molecular weight is 247 g/mol. The maximum atomic E-state index is 12.0. The molecule has 1 atom stereocenters. The first kappa shape index (κ1) is 12.6. The van der Waals surface area contributed by atoms with E-state index in [1.54, 1.807) is 11.0 Å². The third kappa shape index (κ3) is 2.23. The van der Waals surface area contributed by atoms with Crippen LogP contribution in [0.4, 0.5) is 5.69 Å². The number of amides is 1. The van der Waals surface area contributed by atoms with Gasteiger partial charge in [-0.3, -0.25) is 9.59 Å². The molecule has 1 unspecified atom stereocenters. The molecule has 1 amide bonds. The molecule has 0 saturated heterocycles. The van der Waals surface area contributed by atoms with Gasteiger partial charge in [0.2, 0.25) is 5.91 Å². The number of carboxylic acid groups (broad SMARTS) is 1. The quantitative estimate of drug-likeness (QED) is 0.892. The Morgan fingerprint density at radius 2 is 2.11 bits per heavy atom. The van der Waals surface area contributed by atoms with Crippen molar-refractivity contribution in [2.24, 2.45) is 0 Å². The summed E-state index contributed by atoms with van der Waals surface area (Å²) in [5.41, 5.74) is 1.51. The summed E-state index contributed by atoms with van der Waals surface area (Å²) in [6, 6.07) is 7.30. The fourth-order valence-electron chi connectivity index (χ4n) is 2.43. The number of nitrogens with zero attached hydrogens (tertiary/aromatic N) is 1. The molecule has 18 heavy (non-hydrogen) atoms. The molecule has 0 fully saturated rings. The van der Waals surface area contributed by atoms with E-state index in [0.29, 0.717) is 19.4 Å². The Bertz CT molecular complexity index is 470. The normalized spacial score (nSPS) is 18.3. The van der Waals surface area contributed by atoms with Crippen LogP contribution in [0.15, 0.2) is 24.3 Å². The summed E-state index contributed by atoms with van der Waals surface area (Å²) < 4.78 is 0. The Kier molecular flexibility index (Phi) is 3.65. The fraction of sp³-hybridized carbons (Fsp3) is 0.429. The molecule has 1 heterocycles. The molecule has 0 radical (unpaired) electrons. The topological polar surface area (TPSA) is 57.6 Å². The number of hydrogen-bond donors (Lipinski definition) is 1. The standard InChI is InChI=1S/C14H17NO3/c1-2-5-13(16)15-9-8-11(14(17)18)10-6-3-4-7-12(10)15/h3-4,6-7,11H,2,5,8-9H2,1H3,(H,17,18). The summed E-state index contributed by atoms with van der Waals surface area (Å²) >= 11 is 0. The summed E-state index contributed by atoms with van der Waals surface area (Å²) in [6.07, 6.45) is 1.80. The predicted octanol–water partition coefficient (Wildman–Crippen LogP) is 2.39. The Hall–Kier alpha value is -1.84. The largest absolute Gasteiger partial charge is 0.481 e. The van der Waals surface area contributed by atoms with Crippen molar-refractivity contribution in [2.45, 2.75) is 32.1 Å². The zero-order valence-corrected chi connectivity index (χ0v) is 10.4. The van der Waals surface area contributed by atoms with Gasteiger partial charge in [-0.25, -0.2) is 0 Å². The number of carbonyl (C=O) groups is 2. The predicted molar refractivity (Wildman–Crippen MR) is 68.7 cm³/mol. The number of carboxylic acids is 1. The molecular weight excluding hydrogens is 230 g/mol. The van der Waals surface area contributed by atoms with Gasteiger partial charge in [0.05, 0.1) is 5.92 Å². The molecule has 0 bridgehead atoms. The second-order valence-electron chi connectivity index (χ2n) is 4.53. The maximum absolute atomic E-state index is 12.0. The number of fused-ring (bicyclic) bond motifs is 1. The van der Waals surface area contributed by atoms with E-state index in [1.165, 1.54) is 0 Å². The summed E-state index contributed by atoms with van der Waals surface area (Å²) in [5, 5.41) is 9.21. The number of benzene rings is 1. The van der Waals surface area contributed by atoms with Crippen LogP contribution in [0.5, 0.6) is 0 Å². The molecule has 2 rings (SSSR count). The first-order valence-electron chi connectivity index (χ1n) is 6.27. The van der Waals surface area contributed by atoms with Crippen LogP contribution in [0, 0.1) is 0 Å². The van der Waals surface area contributed by atoms with Gasteiger partial charge in [0.25, 0.3) is 0 Å². The summed E-state index contributed by atoms with van der Waals surface area (Å²) in [6.45, 7) is 2.46. The molecule has 0 aliphatic carbocycles. The molecule has 0 aromatic heterocycles. The van der Waals surface area contributed by atoms with Crippen molar-refractivity contribution in [3.63, 3.8) is 0 Å². The van der Waals surface area contributed by atoms with Crippen LogP contribution in [0.2, 0.25) is 0 Å². The van der Waals surface area contributed by atoms with Crippen molar-refractivity contribution in [1.82, 2.24) is 0 Å². The Balaban J connectivity index is 2.36. The van der Waals surface area contributed by atoms with E-state index in [9.17, 15) is 14.7 Å². The van der Waals surface area contributed by atoms with Gasteiger partial charge >= 0.3 is 5.97 Å². The summed E-state index contributed by atoms with van der Waals surface area (Å²) in [7, 11) is 0. The van der Waals surface area contributed by atoms with E-state index < -0.39 is 11.9 Å². The highest BCUT2D eigenvalue weighted by Gasteiger charge is 2.31. The Morgan fingerprint density at radius 1 is 1.39 bits per heavy atom. The minimum atomic E-state index is -0.815. The Morgan fingerprint density at radius 3 is 2.78 bits per heavy atom. The van der Waals surface area contributed by atoms with E-state index in [4.69, 9.17) is 0 Å². The van der Waals surface area contributed by atoms with Gasteiger partial charge in [-0.05, 0) is 24.5 Å². The van der Waals surface area contributed by atoms with Crippen LogP contribution >= 0.6 is 0 Å². The van der Waals surface area contributed by atoms with Gasteiger partial charge in [0, 0.05) is 18.7 Å². The molecule has 96 valence electrons. The second kappa shape index (κ2) is 5.21. The first-order chi connectivity index (χ1) is 8.65. The summed E-state index contributed by atoms with van der Waals surface area (Å²) in [5.74, 6) is -1.23. The first-order valence-corrected chi connectivity index (χ1v) is 6.27. The van der Waals surface area contributed by atoms with Crippen molar-refractivity contribution in [3.05, 3.63) is 29.8 Å². The molecule has 1 N–H and O–H groups in total. The fourth-order valence-corrected chi connectivity index (χ4v) is 2.43. The lowest BCUT2D eigenvalue weighted by atomic mass is 9.90. The molecule has 1 aromatic carbocycles. The molecule has 0 saturated carbocycles. The summed E-state index contributed by atoms with van der Waals surface area (Å²) in [4.78, 5) is 25.0. The van der Waals surface area contributed by atoms with Crippen molar-refractivity contribution in [1.29, 1.82) is 0 Å². The highest BCUT2D eigenvalue weighted by Crippen LogP contribution is 2.35. The lowest BCUT2D eigenvalue weighted by Gasteiger charge is -2.32. The number of rotatable bonds is 3. The highest BCUT2D eigenvalue weighted by molar-refractivity contribution is 5.96. The third-order valence-electron chi connectivity index (χ3n) is 3.31. The second-order valence-corrected chi connectivity index (χ2v) is 4.53. The van der Waals surface area contributed by atoms with Crippen molar-refractivity contribution < 1.29 is 14.7 Å². The van der Waals surface area contributed by atoms with E-state index in [0.717, 1.165) is 17.7 Å². The lowest BCUT2D eigenvalue weighted by Crippen LogP contribution is -2.37. The maximum Gasteiger partial charge on any atom is 0.311 e. The van der Waals surface area contributed by atoms with Crippen molar-refractivity contribution >= 4 is 17.6 Å². The third-order valence-corrected chi connectivity index (χ3v) is 3.31. The minimum absolute atomic E-state index is 0.0776. The van der Waals surface area contributed by atoms with Gasteiger partial charge < -0.3 is 10.0 Å². The van der Waals surface area contributed by atoms with Crippen LogP contribution in [0.1, 0.15) is 37.7 Å². The number of carbonyl (C=O) groups excluding carboxylic acids is 1. The zero-order chi connectivity index (χ0) is 13.1. The molecule has 4 heteroatoms. The minimum Gasteiger partial charge on any atom is -0.481 e. The highest BCUT2D eigenvalue weighted by atomic mass is 16.4. The van der Waals surface area contributed by atoms with Gasteiger partial charge in [-0.15, -0.1) is 0 Å². The van der Waals surface area contributed by atoms with E-state index >= 15 is 0 Å². The molecule has 4 nitrogen and oxygen atoms in total.